The number of likely N-dealkylation sites (tertiary alicyclic amines) is 1. The van der Waals surface area contributed by atoms with E-state index in [-0.39, 0.29) is 5.91 Å². The first kappa shape index (κ1) is 13.8. The van der Waals surface area contributed by atoms with E-state index in [1.54, 1.807) is 5.57 Å². The Kier molecular flexibility index (Phi) is 3.54. The highest BCUT2D eigenvalue weighted by atomic mass is 16.1. The molecule has 3 saturated heterocycles. The van der Waals surface area contributed by atoms with Crippen molar-refractivity contribution in [1.29, 1.82) is 0 Å². The fourth-order valence-corrected chi connectivity index (χ4v) is 5.46. The maximum Gasteiger partial charge on any atom is 0.231 e. The molecule has 0 saturated carbocycles. The van der Waals surface area contributed by atoms with Crippen molar-refractivity contribution in [3.63, 3.8) is 0 Å². The standard InChI is InChI=1S/C17H27N3O/c18-16(21)11-20-7-3-4-12-8-13-9-14(17(12)20)10-19-6-2-1-5-15(13)19/h8,13-15,17H,1-7,9-11H2,(H2,18,21)/t13-,14-,15+,17+/m0/s1. The summed E-state index contributed by atoms with van der Waals surface area (Å²) in [4.78, 5) is 16.5. The lowest BCUT2D eigenvalue weighted by atomic mass is 9.68. The van der Waals surface area contributed by atoms with Gasteiger partial charge in [-0.05, 0) is 57.0 Å². The van der Waals surface area contributed by atoms with Gasteiger partial charge in [-0.2, -0.15) is 0 Å². The largest absolute Gasteiger partial charge is 0.369 e. The van der Waals surface area contributed by atoms with Crippen molar-refractivity contribution in [1.82, 2.24) is 9.80 Å². The normalized spacial score (nSPS) is 40.1. The van der Waals surface area contributed by atoms with Crippen molar-refractivity contribution in [2.24, 2.45) is 17.6 Å². The third kappa shape index (κ3) is 2.42. The highest BCUT2D eigenvalue weighted by Gasteiger charge is 2.45. The van der Waals surface area contributed by atoms with E-state index in [0.29, 0.717) is 18.5 Å². The summed E-state index contributed by atoms with van der Waals surface area (Å²) in [6.07, 6.45) is 10.5. The predicted molar refractivity (Wildman–Crippen MR) is 82.7 cm³/mol. The summed E-state index contributed by atoms with van der Waals surface area (Å²) >= 11 is 0. The van der Waals surface area contributed by atoms with Gasteiger partial charge in [-0.15, -0.1) is 0 Å². The Bertz CT molecular complexity index is 461. The molecule has 4 heteroatoms. The molecule has 0 aromatic rings. The van der Waals surface area contributed by atoms with Gasteiger partial charge < -0.3 is 5.73 Å². The van der Waals surface area contributed by atoms with Crippen LogP contribution in [-0.2, 0) is 4.79 Å². The van der Waals surface area contributed by atoms with Gasteiger partial charge in [0.25, 0.3) is 0 Å². The van der Waals surface area contributed by atoms with Crippen molar-refractivity contribution in [3.05, 3.63) is 11.6 Å². The van der Waals surface area contributed by atoms with Gasteiger partial charge in [0.1, 0.15) is 0 Å². The minimum Gasteiger partial charge on any atom is -0.369 e. The Balaban J connectivity index is 1.61. The minimum atomic E-state index is -0.176. The Morgan fingerprint density at radius 1 is 1.29 bits per heavy atom. The molecule has 1 amide bonds. The number of nitrogens with two attached hydrogens (primary N) is 1. The van der Waals surface area contributed by atoms with Gasteiger partial charge in [0.2, 0.25) is 5.91 Å². The topological polar surface area (TPSA) is 49.6 Å². The van der Waals surface area contributed by atoms with Crippen molar-refractivity contribution < 1.29 is 4.79 Å². The third-order valence-electron chi connectivity index (χ3n) is 6.12. The maximum atomic E-state index is 11.4. The molecule has 116 valence electrons. The molecule has 3 fully saturated rings. The van der Waals surface area contributed by atoms with E-state index in [4.69, 9.17) is 5.73 Å². The van der Waals surface area contributed by atoms with E-state index in [1.807, 2.05) is 0 Å². The zero-order chi connectivity index (χ0) is 14.4. The fourth-order valence-electron chi connectivity index (χ4n) is 5.46. The van der Waals surface area contributed by atoms with Gasteiger partial charge in [-0.1, -0.05) is 18.1 Å². The van der Waals surface area contributed by atoms with E-state index >= 15 is 0 Å². The van der Waals surface area contributed by atoms with Crippen LogP contribution < -0.4 is 5.73 Å². The first-order chi connectivity index (χ1) is 10.2. The maximum absolute atomic E-state index is 11.4. The van der Waals surface area contributed by atoms with Crippen molar-refractivity contribution in [3.8, 4) is 0 Å². The van der Waals surface area contributed by atoms with E-state index in [1.165, 1.54) is 51.6 Å². The SMILES string of the molecule is NC(=O)CN1CCCC2=C[C@H]3C[C@@H](CN4CCCC[C@H]34)[C@@H]21. The molecule has 3 heterocycles. The molecule has 4 nitrogen and oxygen atoms in total. The van der Waals surface area contributed by atoms with Crippen LogP contribution in [0.15, 0.2) is 11.6 Å². The molecule has 0 aromatic heterocycles. The smallest absolute Gasteiger partial charge is 0.231 e. The second-order valence-corrected chi connectivity index (χ2v) is 7.44. The van der Waals surface area contributed by atoms with Crippen LogP contribution >= 0.6 is 0 Å². The van der Waals surface area contributed by atoms with Gasteiger partial charge in [-0.25, -0.2) is 0 Å². The summed E-state index contributed by atoms with van der Waals surface area (Å²) in [6, 6.07) is 1.29. The van der Waals surface area contributed by atoms with Gasteiger partial charge in [0.15, 0.2) is 0 Å². The number of hydrogen-bond acceptors (Lipinski definition) is 3. The Labute approximate surface area is 127 Å². The number of fused-ring (bicyclic) bond motifs is 6. The molecular formula is C17H27N3O. The van der Waals surface area contributed by atoms with Crippen LogP contribution in [0.3, 0.4) is 0 Å². The Hall–Kier alpha value is -0.870. The van der Waals surface area contributed by atoms with Gasteiger partial charge in [0.05, 0.1) is 6.54 Å². The van der Waals surface area contributed by atoms with Gasteiger partial charge >= 0.3 is 0 Å². The second kappa shape index (κ2) is 5.40. The summed E-state index contributed by atoms with van der Waals surface area (Å²) < 4.78 is 0. The number of primary amides is 1. The van der Waals surface area contributed by atoms with Crippen molar-refractivity contribution in [2.45, 2.75) is 50.6 Å². The van der Waals surface area contributed by atoms with Crippen molar-refractivity contribution in [2.75, 3.05) is 26.2 Å². The number of carbonyl (C=O) groups is 1. The quantitative estimate of drug-likeness (QED) is 0.781. The lowest BCUT2D eigenvalue weighted by Gasteiger charge is -2.54. The molecule has 3 aliphatic heterocycles. The summed E-state index contributed by atoms with van der Waals surface area (Å²) in [5, 5.41) is 0. The lowest BCUT2D eigenvalue weighted by Crippen LogP contribution is -2.59. The predicted octanol–water partition coefficient (Wildman–Crippen LogP) is 1.37. The zero-order valence-electron chi connectivity index (χ0n) is 12.8. The Morgan fingerprint density at radius 2 is 2.19 bits per heavy atom. The number of hydrogen-bond donors (Lipinski definition) is 1. The molecular weight excluding hydrogens is 262 g/mol. The summed E-state index contributed by atoms with van der Waals surface area (Å²) in [6.45, 7) is 3.99. The molecule has 0 radical (unpaired) electrons. The highest BCUT2D eigenvalue weighted by Crippen LogP contribution is 2.44. The van der Waals surface area contributed by atoms with E-state index in [0.717, 1.165) is 18.5 Å². The molecule has 2 N–H and O–H groups in total. The number of piperidine rings is 3. The second-order valence-electron chi connectivity index (χ2n) is 7.44. The molecule has 4 aliphatic rings. The van der Waals surface area contributed by atoms with Crippen molar-refractivity contribution >= 4 is 5.91 Å². The molecule has 4 atom stereocenters. The first-order valence-corrected chi connectivity index (χ1v) is 8.69. The Morgan fingerprint density at radius 3 is 3.05 bits per heavy atom. The summed E-state index contributed by atoms with van der Waals surface area (Å²) in [5.41, 5.74) is 7.09. The molecule has 0 spiro atoms. The summed E-state index contributed by atoms with van der Waals surface area (Å²) in [7, 11) is 0. The van der Waals surface area contributed by atoms with Crippen LogP contribution in [0, 0.1) is 11.8 Å². The van der Waals surface area contributed by atoms with Gasteiger partial charge in [0, 0.05) is 18.6 Å². The molecule has 1 aliphatic carbocycles. The van der Waals surface area contributed by atoms with E-state index < -0.39 is 0 Å². The van der Waals surface area contributed by atoms with Crippen LogP contribution in [0.5, 0.6) is 0 Å². The first-order valence-electron chi connectivity index (χ1n) is 8.69. The molecule has 21 heavy (non-hydrogen) atoms. The molecule has 2 bridgehead atoms. The number of amides is 1. The number of nitrogens with zero attached hydrogens (tertiary/aromatic N) is 2. The fraction of sp³-hybridized carbons (Fsp3) is 0.824. The van der Waals surface area contributed by atoms with E-state index in [2.05, 4.69) is 15.9 Å². The zero-order valence-corrected chi connectivity index (χ0v) is 12.8. The van der Waals surface area contributed by atoms with Crippen LogP contribution in [0.1, 0.15) is 38.5 Å². The van der Waals surface area contributed by atoms with Gasteiger partial charge in [-0.3, -0.25) is 14.6 Å². The monoisotopic (exact) mass is 289 g/mol. The van der Waals surface area contributed by atoms with Crippen LogP contribution in [-0.4, -0.2) is 54.0 Å². The average Bonchev–Trinajstić information content (AvgIpc) is 2.47. The average molecular weight is 289 g/mol. The third-order valence-corrected chi connectivity index (χ3v) is 6.12. The molecule has 4 rings (SSSR count). The number of rotatable bonds is 2. The van der Waals surface area contributed by atoms with Crippen LogP contribution in [0.4, 0.5) is 0 Å². The molecule has 0 unspecified atom stereocenters. The summed E-state index contributed by atoms with van der Waals surface area (Å²) in [5.74, 6) is 1.30. The van der Waals surface area contributed by atoms with Crippen LogP contribution in [0.2, 0.25) is 0 Å². The van der Waals surface area contributed by atoms with Crippen LogP contribution in [0.25, 0.3) is 0 Å². The number of carbonyl (C=O) groups excluding carboxylic acids is 1. The van der Waals surface area contributed by atoms with E-state index in [9.17, 15) is 4.79 Å². The minimum absolute atomic E-state index is 0.176. The highest BCUT2D eigenvalue weighted by molar-refractivity contribution is 5.76. The lowest BCUT2D eigenvalue weighted by molar-refractivity contribution is -0.120. The molecule has 0 aromatic carbocycles.